The van der Waals surface area contributed by atoms with Crippen LogP contribution in [0.5, 0.6) is 0 Å². The largest absolute Gasteiger partial charge is 0.481 e. The molecule has 0 bridgehead atoms. The molecule has 0 saturated carbocycles. The SMILES string of the molecule is CC(C)CC(CCC(=O)Cc1ccc(Br)cc1)C(=O)O.CC(C)CC(CCC(=O)Cc1ccc(Br)cc1)C(N)=O. The number of rotatable bonds is 16. The van der Waals surface area contributed by atoms with E-state index >= 15 is 0 Å². The van der Waals surface area contributed by atoms with E-state index in [-0.39, 0.29) is 23.4 Å². The summed E-state index contributed by atoms with van der Waals surface area (Å²) in [6.07, 6.45) is 3.91. The number of nitrogens with two attached hydrogens (primary N) is 1. The Balaban J connectivity index is 0.000000400. The van der Waals surface area contributed by atoms with E-state index in [1.807, 2.05) is 62.4 Å². The second-order valence-corrected chi connectivity index (χ2v) is 13.0. The van der Waals surface area contributed by atoms with Crippen LogP contribution in [0.15, 0.2) is 57.5 Å². The number of hydrogen-bond acceptors (Lipinski definition) is 4. The van der Waals surface area contributed by atoms with Gasteiger partial charge in [-0.2, -0.15) is 0 Å². The number of carboxylic acid groups (broad SMARTS) is 1. The third-order valence-electron chi connectivity index (χ3n) is 6.44. The molecule has 40 heavy (non-hydrogen) atoms. The van der Waals surface area contributed by atoms with Crippen LogP contribution in [0, 0.1) is 23.7 Å². The van der Waals surface area contributed by atoms with E-state index < -0.39 is 11.9 Å². The standard InChI is InChI=1S/C16H22BrNO2.C16H21BrO3/c1-11(2)9-13(16(18)20)5-8-15(19)10-12-3-6-14(17)7-4-12;1-11(2)9-13(16(19)20)5-8-15(18)10-12-3-6-14(17)7-4-12/h3-4,6-7,11,13H,5,8-10H2,1-2H3,(H2,18,20);3-4,6-7,11,13H,5,8-10H2,1-2H3,(H,19,20). The molecule has 0 saturated heterocycles. The van der Waals surface area contributed by atoms with Crippen molar-refractivity contribution < 1.29 is 24.3 Å². The summed E-state index contributed by atoms with van der Waals surface area (Å²) in [7, 11) is 0. The van der Waals surface area contributed by atoms with Crippen molar-refractivity contribution in [3.8, 4) is 0 Å². The van der Waals surface area contributed by atoms with Gasteiger partial charge in [0.25, 0.3) is 0 Å². The molecule has 0 fully saturated rings. The van der Waals surface area contributed by atoms with Crippen LogP contribution in [-0.2, 0) is 32.0 Å². The van der Waals surface area contributed by atoms with E-state index in [4.69, 9.17) is 10.8 Å². The highest BCUT2D eigenvalue weighted by Crippen LogP contribution is 2.20. The maximum Gasteiger partial charge on any atom is 0.306 e. The molecule has 1 amide bonds. The first-order valence-electron chi connectivity index (χ1n) is 13.8. The number of halogens is 2. The van der Waals surface area contributed by atoms with Crippen molar-refractivity contribution in [2.24, 2.45) is 29.4 Å². The van der Waals surface area contributed by atoms with Gasteiger partial charge in [-0.3, -0.25) is 19.2 Å². The quantitative estimate of drug-likeness (QED) is 0.190. The molecule has 0 heterocycles. The fourth-order valence-electron chi connectivity index (χ4n) is 4.36. The summed E-state index contributed by atoms with van der Waals surface area (Å²) >= 11 is 6.71. The summed E-state index contributed by atoms with van der Waals surface area (Å²) in [5.74, 6) is -0.700. The van der Waals surface area contributed by atoms with Crippen LogP contribution < -0.4 is 5.73 Å². The number of aliphatic carboxylic acids is 1. The van der Waals surface area contributed by atoms with E-state index in [1.165, 1.54) is 0 Å². The maximum absolute atomic E-state index is 11.9. The topological polar surface area (TPSA) is 115 Å². The van der Waals surface area contributed by atoms with Crippen LogP contribution in [0.25, 0.3) is 0 Å². The van der Waals surface area contributed by atoms with Crippen LogP contribution in [0.4, 0.5) is 0 Å². The van der Waals surface area contributed by atoms with E-state index in [9.17, 15) is 19.2 Å². The number of carboxylic acids is 1. The Labute approximate surface area is 255 Å². The highest BCUT2D eigenvalue weighted by molar-refractivity contribution is 9.10. The average molecular weight is 682 g/mol. The van der Waals surface area contributed by atoms with E-state index in [1.54, 1.807) is 0 Å². The molecule has 0 aliphatic carbocycles. The molecule has 2 aromatic carbocycles. The number of carbonyl (C=O) groups excluding carboxylic acids is 3. The molecular formula is C32H43Br2NO5. The molecular weight excluding hydrogens is 638 g/mol. The molecule has 0 radical (unpaired) electrons. The van der Waals surface area contributed by atoms with Gasteiger partial charge in [-0.05, 0) is 72.9 Å². The minimum Gasteiger partial charge on any atom is -0.481 e. The Hall–Kier alpha value is -2.32. The normalized spacial score (nSPS) is 12.4. The van der Waals surface area contributed by atoms with Gasteiger partial charge in [0.1, 0.15) is 11.6 Å². The molecule has 0 aliphatic rings. The molecule has 220 valence electrons. The molecule has 0 aliphatic heterocycles. The predicted molar refractivity (Wildman–Crippen MR) is 167 cm³/mol. The fourth-order valence-corrected chi connectivity index (χ4v) is 4.89. The Morgan fingerprint density at radius 3 is 1.35 bits per heavy atom. The number of Topliss-reactive ketones (excluding diaryl/α,β-unsaturated/α-hetero) is 2. The Morgan fingerprint density at radius 2 is 1.02 bits per heavy atom. The van der Waals surface area contributed by atoms with Gasteiger partial charge >= 0.3 is 5.97 Å². The number of primary amides is 1. The van der Waals surface area contributed by atoms with Crippen LogP contribution >= 0.6 is 31.9 Å². The number of hydrogen-bond donors (Lipinski definition) is 2. The van der Waals surface area contributed by atoms with Crippen molar-refractivity contribution in [2.45, 2.75) is 79.1 Å². The van der Waals surface area contributed by atoms with Crippen LogP contribution in [0.3, 0.4) is 0 Å². The van der Waals surface area contributed by atoms with Crippen LogP contribution in [0.2, 0.25) is 0 Å². The third-order valence-corrected chi connectivity index (χ3v) is 7.49. The van der Waals surface area contributed by atoms with Crippen molar-refractivity contribution in [2.75, 3.05) is 0 Å². The van der Waals surface area contributed by atoms with Crippen molar-refractivity contribution in [3.05, 3.63) is 68.6 Å². The molecule has 0 spiro atoms. The zero-order chi connectivity index (χ0) is 30.2. The molecule has 0 aromatic heterocycles. The number of benzene rings is 2. The molecule has 8 heteroatoms. The van der Waals surface area contributed by atoms with Gasteiger partial charge in [0.15, 0.2) is 0 Å². The summed E-state index contributed by atoms with van der Waals surface area (Å²) < 4.78 is 1.98. The second kappa shape index (κ2) is 18.9. The first-order valence-corrected chi connectivity index (χ1v) is 15.4. The molecule has 2 aromatic rings. The highest BCUT2D eigenvalue weighted by Gasteiger charge is 2.20. The lowest BCUT2D eigenvalue weighted by Gasteiger charge is -2.15. The van der Waals surface area contributed by atoms with Crippen molar-refractivity contribution in [1.29, 1.82) is 0 Å². The van der Waals surface area contributed by atoms with E-state index in [2.05, 4.69) is 45.7 Å². The monoisotopic (exact) mass is 679 g/mol. The highest BCUT2D eigenvalue weighted by atomic mass is 79.9. The number of amides is 1. The number of carbonyl (C=O) groups is 4. The maximum atomic E-state index is 11.9. The Kier molecular flexibility index (Phi) is 16.9. The molecule has 3 N–H and O–H groups in total. The molecule has 6 nitrogen and oxygen atoms in total. The predicted octanol–water partition coefficient (Wildman–Crippen LogP) is 7.58. The lowest BCUT2D eigenvalue weighted by atomic mass is 9.91. The van der Waals surface area contributed by atoms with Crippen LogP contribution in [0.1, 0.15) is 77.3 Å². The first kappa shape index (κ1) is 35.7. The summed E-state index contributed by atoms with van der Waals surface area (Å²) in [4.78, 5) is 46.3. The molecule has 2 atom stereocenters. The second-order valence-electron chi connectivity index (χ2n) is 11.2. The Morgan fingerprint density at radius 1 is 0.675 bits per heavy atom. The van der Waals surface area contributed by atoms with Crippen molar-refractivity contribution >= 4 is 55.3 Å². The van der Waals surface area contributed by atoms with Gasteiger partial charge in [-0.1, -0.05) is 83.8 Å². The number of ketones is 2. The van der Waals surface area contributed by atoms with Crippen molar-refractivity contribution in [1.82, 2.24) is 0 Å². The van der Waals surface area contributed by atoms with Gasteiger partial charge in [-0.25, -0.2) is 0 Å². The lowest BCUT2D eigenvalue weighted by molar-refractivity contribution is -0.142. The van der Waals surface area contributed by atoms with Gasteiger partial charge in [0.05, 0.1) is 5.92 Å². The summed E-state index contributed by atoms with van der Waals surface area (Å²) in [6.45, 7) is 8.11. The van der Waals surface area contributed by atoms with Gasteiger partial charge in [0, 0.05) is 40.5 Å². The molecule has 2 rings (SSSR count). The molecule has 2 unspecified atom stereocenters. The minimum atomic E-state index is -0.796. The third kappa shape index (κ3) is 16.1. The van der Waals surface area contributed by atoms with E-state index in [0.29, 0.717) is 56.8 Å². The summed E-state index contributed by atoms with van der Waals surface area (Å²) in [5.41, 5.74) is 7.35. The zero-order valence-corrected chi connectivity index (χ0v) is 27.2. The summed E-state index contributed by atoms with van der Waals surface area (Å²) in [6, 6.07) is 15.3. The minimum absolute atomic E-state index is 0.0994. The van der Waals surface area contributed by atoms with E-state index in [0.717, 1.165) is 26.5 Å². The van der Waals surface area contributed by atoms with Gasteiger partial charge in [-0.15, -0.1) is 0 Å². The van der Waals surface area contributed by atoms with Gasteiger partial charge < -0.3 is 10.8 Å². The van der Waals surface area contributed by atoms with Crippen molar-refractivity contribution in [3.63, 3.8) is 0 Å². The van der Waals surface area contributed by atoms with Crippen LogP contribution in [-0.4, -0.2) is 28.5 Å². The zero-order valence-electron chi connectivity index (χ0n) is 24.0. The Bertz CT molecular complexity index is 994. The smallest absolute Gasteiger partial charge is 0.306 e. The first-order chi connectivity index (χ1) is 18.8. The van der Waals surface area contributed by atoms with Gasteiger partial charge in [0.2, 0.25) is 5.91 Å². The fraction of sp³-hybridized carbons (Fsp3) is 0.500. The average Bonchev–Trinajstić information content (AvgIpc) is 2.87. The summed E-state index contributed by atoms with van der Waals surface area (Å²) in [5, 5.41) is 9.14. The lowest BCUT2D eigenvalue weighted by Crippen LogP contribution is -2.25.